The van der Waals surface area contributed by atoms with Gasteiger partial charge in [-0.2, -0.15) is 0 Å². The van der Waals surface area contributed by atoms with Crippen LogP contribution in [0.15, 0.2) is 36.9 Å². The van der Waals surface area contributed by atoms with E-state index in [2.05, 4.69) is 11.9 Å². The number of rotatable bonds is 5. The molecule has 4 nitrogen and oxygen atoms in total. The Hall–Kier alpha value is -1.33. The molecule has 0 unspecified atom stereocenters. The molecule has 0 aliphatic heterocycles. The smallest absolute Gasteiger partial charge is 0.239 e. The van der Waals surface area contributed by atoms with E-state index < -0.39 is 21.5 Å². The first kappa shape index (κ1) is 13.7. The topological polar surface area (TPSA) is 63.2 Å². The molecule has 6 heteroatoms. The van der Waals surface area contributed by atoms with Crippen molar-refractivity contribution in [2.24, 2.45) is 0 Å². The fourth-order valence-corrected chi connectivity index (χ4v) is 2.24. The van der Waals surface area contributed by atoms with Crippen molar-refractivity contribution in [3.63, 3.8) is 0 Å². The van der Waals surface area contributed by atoms with Crippen molar-refractivity contribution in [1.82, 2.24) is 0 Å². The summed E-state index contributed by atoms with van der Waals surface area (Å²) in [5.41, 5.74) is 0.508. The van der Waals surface area contributed by atoms with Crippen LogP contribution in [0.5, 0.6) is 0 Å². The highest BCUT2D eigenvalue weighted by Crippen LogP contribution is 2.13. The summed E-state index contributed by atoms with van der Waals surface area (Å²) >= 11 is 5.68. The van der Waals surface area contributed by atoms with Gasteiger partial charge in [0.2, 0.25) is 5.91 Å². The third kappa shape index (κ3) is 5.01. The molecule has 0 aromatic heterocycles. The normalized spacial score (nSPS) is 10.9. The third-order valence-corrected chi connectivity index (χ3v) is 3.55. The molecule has 0 aliphatic rings. The predicted molar refractivity (Wildman–Crippen MR) is 68.9 cm³/mol. The SMILES string of the molecule is C=CCS(=O)(=O)CC(=O)Nc1ccc(Cl)cc1. The minimum absolute atomic E-state index is 0.207. The minimum Gasteiger partial charge on any atom is -0.325 e. The van der Waals surface area contributed by atoms with E-state index in [1.54, 1.807) is 24.3 Å². The van der Waals surface area contributed by atoms with Crippen molar-refractivity contribution >= 4 is 33.0 Å². The van der Waals surface area contributed by atoms with Crippen LogP contribution in [0.1, 0.15) is 0 Å². The highest BCUT2D eigenvalue weighted by atomic mass is 35.5. The number of carbonyl (C=O) groups is 1. The van der Waals surface area contributed by atoms with E-state index in [4.69, 9.17) is 11.6 Å². The summed E-state index contributed by atoms with van der Waals surface area (Å²) in [4.78, 5) is 11.4. The second-order valence-corrected chi connectivity index (χ2v) is 5.94. The Labute approximate surface area is 105 Å². The zero-order valence-corrected chi connectivity index (χ0v) is 10.6. The fourth-order valence-electron chi connectivity index (χ4n) is 1.17. The van der Waals surface area contributed by atoms with E-state index in [1.165, 1.54) is 6.08 Å². The van der Waals surface area contributed by atoms with Crippen molar-refractivity contribution in [2.75, 3.05) is 16.8 Å². The molecule has 0 saturated heterocycles. The monoisotopic (exact) mass is 273 g/mol. The average molecular weight is 274 g/mol. The molecular weight excluding hydrogens is 262 g/mol. The average Bonchev–Trinajstić information content (AvgIpc) is 2.20. The molecule has 0 heterocycles. The van der Waals surface area contributed by atoms with Gasteiger partial charge in [0.05, 0.1) is 5.75 Å². The summed E-state index contributed by atoms with van der Waals surface area (Å²) in [6.45, 7) is 3.32. The molecule has 1 amide bonds. The molecule has 92 valence electrons. The Morgan fingerprint density at radius 2 is 1.94 bits per heavy atom. The summed E-state index contributed by atoms with van der Waals surface area (Å²) in [5, 5.41) is 3.02. The Bertz CT molecular complexity index is 508. The molecule has 0 atom stereocenters. The maximum Gasteiger partial charge on any atom is 0.239 e. The van der Waals surface area contributed by atoms with E-state index in [1.807, 2.05) is 0 Å². The molecule has 1 aromatic rings. The number of anilines is 1. The Morgan fingerprint density at radius 3 is 2.47 bits per heavy atom. The van der Waals surface area contributed by atoms with Crippen LogP contribution >= 0.6 is 11.6 Å². The molecule has 0 fully saturated rings. The molecule has 0 radical (unpaired) electrons. The number of carbonyl (C=O) groups excluding carboxylic acids is 1. The van der Waals surface area contributed by atoms with Crippen molar-refractivity contribution in [3.8, 4) is 0 Å². The maximum absolute atomic E-state index is 11.4. The first-order valence-corrected chi connectivity index (χ1v) is 6.99. The van der Waals surface area contributed by atoms with Crippen LogP contribution in [0.25, 0.3) is 0 Å². The van der Waals surface area contributed by atoms with Crippen molar-refractivity contribution in [3.05, 3.63) is 41.9 Å². The van der Waals surface area contributed by atoms with Gasteiger partial charge in [0.15, 0.2) is 9.84 Å². The molecule has 0 spiro atoms. The van der Waals surface area contributed by atoms with Gasteiger partial charge in [-0.1, -0.05) is 17.7 Å². The van der Waals surface area contributed by atoms with E-state index in [-0.39, 0.29) is 5.75 Å². The summed E-state index contributed by atoms with van der Waals surface area (Å²) in [7, 11) is -3.42. The van der Waals surface area contributed by atoms with E-state index in [9.17, 15) is 13.2 Å². The van der Waals surface area contributed by atoms with Gasteiger partial charge in [-0.05, 0) is 24.3 Å². The lowest BCUT2D eigenvalue weighted by Gasteiger charge is -2.05. The van der Waals surface area contributed by atoms with Crippen LogP contribution < -0.4 is 5.32 Å². The lowest BCUT2D eigenvalue weighted by molar-refractivity contribution is -0.113. The standard InChI is InChI=1S/C11H12ClNO3S/c1-2-7-17(15,16)8-11(14)13-10-5-3-9(12)4-6-10/h2-6H,1,7-8H2,(H,13,14). The van der Waals surface area contributed by atoms with E-state index >= 15 is 0 Å². The van der Waals surface area contributed by atoms with E-state index in [0.29, 0.717) is 10.7 Å². The number of hydrogen-bond donors (Lipinski definition) is 1. The molecule has 0 bridgehead atoms. The molecular formula is C11H12ClNO3S. The van der Waals surface area contributed by atoms with Crippen molar-refractivity contribution in [1.29, 1.82) is 0 Å². The zero-order valence-electron chi connectivity index (χ0n) is 9.02. The summed E-state index contributed by atoms with van der Waals surface area (Å²) in [6, 6.07) is 6.41. The third-order valence-electron chi connectivity index (χ3n) is 1.85. The number of amides is 1. The van der Waals surface area contributed by atoms with Gasteiger partial charge >= 0.3 is 0 Å². The van der Waals surface area contributed by atoms with Gasteiger partial charge in [0.25, 0.3) is 0 Å². The quantitative estimate of drug-likeness (QED) is 0.833. The Kier molecular flexibility index (Phi) is 4.72. The van der Waals surface area contributed by atoms with Gasteiger partial charge in [-0.25, -0.2) is 8.42 Å². The van der Waals surface area contributed by atoms with Gasteiger partial charge in [0.1, 0.15) is 5.75 Å². The number of nitrogens with one attached hydrogen (secondary N) is 1. The van der Waals surface area contributed by atoms with Gasteiger partial charge in [-0.15, -0.1) is 6.58 Å². The van der Waals surface area contributed by atoms with Gasteiger partial charge in [0, 0.05) is 10.7 Å². The predicted octanol–water partition coefficient (Wildman–Crippen LogP) is 1.88. The van der Waals surface area contributed by atoms with Crippen molar-refractivity contribution in [2.45, 2.75) is 0 Å². The minimum atomic E-state index is -3.42. The number of halogens is 1. The molecule has 1 rings (SSSR count). The first-order valence-electron chi connectivity index (χ1n) is 4.80. The van der Waals surface area contributed by atoms with Crippen LogP contribution in [0.2, 0.25) is 5.02 Å². The van der Waals surface area contributed by atoms with Crippen LogP contribution in [0, 0.1) is 0 Å². The lowest BCUT2D eigenvalue weighted by atomic mass is 10.3. The highest BCUT2D eigenvalue weighted by Gasteiger charge is 2.14. The first-order chi connectivity index (χ1) is 7.93. The highest BCUT2D eigenvalue weighted by molar-refractivity contribution is 7.92. The summed E-state index contributed by atoms with van der Waals surface area (Å²) < 4.78 is 22.7. The Morgan fingerprint density at radius 1 is 1.35 bits per heavy atom. The maximum atomic E-state index is 11.4. The van der Waals surface area contributed by atoms with Crippen LogP contribution in [-0.2, 0) is 14.6 Å². The molecule has 1 aromatic carbocycles. The van der Waals surface area contributed by atoms with Crippen LogP contribution in [0.3, 0.4) is 0 Å². The molecule has 0 saturated carbocycles. The summed E-state index contributed by atoms with van der Waals surface area (Å²) in [6.07, 6.45) is 1.25. The molecule has 0 aliphatic carbocycles. The largest absolute Gasteiger partial charge is 0.325 e. The zero-order chi connectivity index (χ0) is 12.9. The lowest BCUT2D eigenvalue weighted by Crippen LogP contribution is -2.24. The second-order valence-electron chi connectivity index (χ2n) is 3.40. The number of hydrogen-bond acceptors (Lipinski definition) is 3. The van der Waals surface area contributed by atoms with Crippen LogP contribution in [0.4, 0.5) is 5.69 Å². The number of benzene rings is 1. The number of sulfone groups is 1. The molecule has 1 N–H and O–H groups in total. The fraction of sp³-hybridized carbons (Fsp3) is 0.182. The summed E-state index contributed by atoms with van der Waals surface area (Å²) in [5.74, 6) is -1.34. The molecule has 17 heavy (non-hydrogen) atoms. The van der Waals surface area contributed by atoms with Gasteiger partial charge < -0.3 is 5.32 Å². The van der Waals surface area contributed by atoms with Gasteiger partial charge in [-0.3, -0.25) is 4.79 Å². The van der Waals surface area contributed by atoms with Crippen LogP contribution in [-0.4, -0.2) is 25.8 Å². The Balaban J connectivity index is 2.61. The second kappa shape index (κ2) is 5.84. The van der Waals surface area contributed by atoms with Crippen molar-refractivity contribution < 1.29 is 13.2 Å². The van der Waals surface area contributed by atoms with E-state index in [0.717, 1.165) is 0 Å².